The predicted octanol–water partition coefficient (Wildman–Crippen LogP) is 1.15. The first-order valence-corrected chi connectivity index (χ1v) is 9.46. The van der Waals surface area contributed by atoms with Gasteiger partial charge in [0, 0.05) is 37.8 Å². The number of rotatable bonds is 5. The van der Waals surface area contributed by atoms with Crippen LogP contribution in [0.4, 0.5) is 0 Å². The third kappa shape index (κ3) is 4.53. The van der Waals surface area contributed by atoms with Gasteiger partial charge in [-0.05, 0) is 38.6 Å². The lowest BCUT2D eigenvalue weighted by molar-refractivity contribution is 0.0643. The van der Waals surface area contributed by atoms with Crippen LogP contribution in [0.3, 0.4) is 0 Å². The van der Waals surface area contributed by atoms with E-state index in [-0.39, 0.29) is 16.8 Å². The van der Waals surface area contributed by atoms with Crippen LogP contribution in [-0.4, -0.2) is 62.9 Å². The fourth-order valence-corrected chi connectivity index (χ4v) is 3.92. The van der Waals surface area contributed by atoms with Crippen molar-refractivity contribution in [2.45, 2.75) is 31.7 Å². The van der Waals surface area contributed by atoms with E-state index >= 15 is 0 Å². The Morgan fingerprint density at radius 1 is 1.22 bits per heavy atom. The van der Waals surface area contributed by atoms with Gasteiger partial charge in [-0.2, -0.15) is 0 Å². The minimum atomic E-state index is -3.59. The molecule has 1 fully saturated rings. The summed E-state index contributed by atoms with van der Waals surface area (Å²) in [6.45, 7) is 9.68. The first kappa shape index (κ1) is 17.9. The topological polar surface area (TPSA) is 69.7 Å². The molecule has 2 rings (SSSR count). The molecule has 0 aliphatic carbocycles. The van der Waals surface area contributed by atoms with Gasteiger partial charge in [0.1, 0.15) is 0 Å². The largest absolute Gasteiger partial charge is 0.336 e. The highest BCUT2D eigenvalue weighted by Gasteiger charge is 2.23. The molecular weight excluding hydrogens is 314 g/mol. The zero-order valence-electron chi connectivity index (χ0n) is 13.9. The van der Waals surface area contributed by atoms with Crippen LogP contribution in [0.5, 0.6) is 0 Å². The molecule has 1 aliphatic rings. The average Bonchev–Trinajstić information content (AvgIpc) is 2.53. The molecule has 1 aliphatic heterocycles. The molecule has 0 spiro atoms. The molecule has 0 aromatic heterocycles. The Labute approximate surface area is 138 Å². The highest BCUT2D eigenvalue weighted by molar-refractivity contribution is 7.89. The van der Waals surface area contributed by atoms with Gasteiger partial charge in [0.15, 0.2) is 0 Å². The van der Waals surface area contributed by atoms with Crippen molar-refractivity contribution in [2.24, 2.45) is 0 Å². The number of benzene rings is 1. The third-order valence-corrected chi connectivity index (χ3v) is 5.55. The highest BCUT2D eigenvalue weighted by atomic mass is 32.2. The Bertz CT molecular complexity index is 650. The summed E-state index contributed by atoms with van der Waals surface area (Å²) in [6.07, 6.45) is 0. The molecule has 6 nitrogen and oxygen atoms in total. The lowest BCUT2D eigenvalue weighted by Crippen LogP contribution is -2.48. The van der Waals surface area contributed by atoms with E-state index in [1.807, 2.05) is 0 Å². The maximum Gasteiger partial charge on any atom is 0.253 e. The van der Waals surface area contributed by atoms with Crippen LogP contribution in [0.15, 0.2) is 29.2 Å². The Balaban J connectivity index is 2.15. The van der Waals surface area contributed by atoms with E-state index in [1.165, 1.54) is 12.1 Å². The Hall–Kier alpha value is -1.44. The number of sulfonamides is 1. The van der Waals surface area contributed by atoms with E-state index in [1.54, 1.807) is 30.9 Å². The fraction of sp³-hybridized carbons (Fsp3) is 0.562. The summed E-state index contributed by atoms with van der Waals surface area (Å²) >= 11 is 0. The number of carbonyl (C=O) groups is 1. The van der Waals surface area contributed by atoms with Crippen LogP contribution in [0.1, 0.15) is 31.1 Å². The van der Waals surface area contributed by atoms with E-state index in [4.69, 9.17) is 0 Å². The summed E-state index contributed by atoms with van der Waals surface area (Å²) < 4.78 is 27.0. The molecule has 0 radical (unpaired) electrons. The van der Waals surface area contributed by atoms with Gasteiger partial charge in [0.2, 0.25) is 10.0 Å². The van der Waals surface area contributed by atoms with Crippen molar-refractivity contribution < 1.29 is 13.2 Å². The Kier molecular flexibility index (Phi) is 5.78. The minimum absolute atomic E-state index is 0.109. The minimum Gasteiger partial charge on any atom is -0.336 e. The summed E-state index contributed by atoms with van der Waals surface area (Å²) in [5, 5.41) is 0. The van der Waals surface area contributed by atoms with E-state index in [9.17, 15) is 13.2 Å². The number of piperazine rings is 1. The van der Waals surface area contributed by atoms with E-state index in [2.05, 4.69) is 16.5 Å². The monoisotopic (exact) mass is 339 g/mol. The highest BCUT2D eigenvalue weighted by Crippen LogP contribution is 2.15. The number of nitrogens with one attached hydrogen (secondary N) is 1. The lowest BCUT2D eigenvalue weighted by atomic mass is 10.2. The van der Waals surface area contributed by atoms with Crippen LogP contribution in [0.2, 0.25) is 0 Å². The second-order valence-corrected chi connectivity index (χ2v) is 7.74. The second kappa shape index (κ2) is 7.42. The molecule has 23 heavy (non-hydrogen) atoms. The van der Waals surface area contributed by atoms with Crippen LogP contribution in [0.25, 0.3) is 0 Å². The molecule has 7 heteroatoms. The zero-order chi connectivity index (χ0) is 17.0. The number of hydrogen-bond acceptors (Lipinski definition) is 4. The van der Waals surface area contributed by atoms with Crippen molar-refractivity contribution in [1.82, 2.24) is 14.5 Å². The molecule has 1 aromatic rings. The maximum atomic E-state index is 12.6. The summed E-state index contributed by atoms with van der Waals surface area (Å²) in [5.74, 6) is -0.109. The van der Waals surface area contributed by atoms with Gasteiger partial charge in [-0.25, -0.2) is 13.1 Å². The Morgan fingerprint density at radius 2 is 1.87 bits per heavy atom. The van der Waals surface area contributed by atoms with Crippen molar-refractivity contribution in [1.29, 1.82) is 0 Å². The summed E-state index contributed by atoms with van der Waals surface area (Å²) in [6, 6.07) is 6.06. The molecular formula is C16H25N3O3S. The third-order valence-electron chi connectivity index (χ3n) is 3.89. The summed E-state index contributed by atoms with van der Waals surface area (Å²) in [5.41, 5.74) is 0.418. The zero-order valence-corrected chi connectivity index (χ0v) is 14.8. The molecule has 0 unspecified atom stereocenters. The van der Waals surface area contributed by atoms with Gasteiger partial charge in [-0.3, -0.25) is 4.79 Å². The Morgan fingerprint density at radius 3 is 2.43 bits per heavy atom. The molecule has 1 saturated heterocycles. The first-order chi connectivity index (χ1) is 10.8. The standard InChI is InChI=1S/C16H25N3O3S/c1-4-18-8-10-19(11-9-18)16(20)14-6-5-7-15(12-14)23(21,22)17-13(2)3/h5-7,12-13,17H,4,8-11H2,1-3H3. The van der Waals surface area contributed by atoms with Crippen LogP contribution in [0, 0.1) is 0 Å². The molecule has 0 saturated carbocycles. The maximum absolute atomic E-state index is 12.6. The smallest absolute Gasteiger partial charge is 0.253 e. The van der Waals surface area contributed by atoms with Gasteiger partial charge in [-0.15, -0.1) is 0 Å². The SMILES string of the molecule is CCN1CCN(C(=O)c2cccc(S(=O)(=O)NC(C)C)c2)CC1. The van der Waals surface area contributed by atoms with Crippen LogP contribution in [-0.2, 0) is 10.0 Å². The number of carbonyl (C=O) groups excluding carboxylic acids is 1. The number of likely N-dealkylation sites (N-methyl/N-ethyl adjacent to an activating group) is 1. The van der Waals surface area contributed by atoms with Crippen molar-refractivity contribution in [3.63, 3.8) is 0 Å². The average molecular weight is 339 g/mol. The fourth-order valence-electron chi connectivity index (χ4n) is 2.62. The predicted molar refractivity (Wildman–Crippen MR) is 89.9 cm³/mol. The molecule has 1 aromatic carbocycles. The quantitative estimate of drug-likeness (QED) is 0.874. The second-order valence-electron chi connectivity index (χ2n) is 6.03. The van der Waals surface area contributed by atoms with Gasteiger partial charge >= 0.3 is 0 Å². The molecule has 1 amide bonds. The first-order valence-electron chi connectivity index (χ1n) is 7.97. The normalized spacial score (nSPS) is 16.8. The van der Waals surface area contributed by atoms with Crippen molar-refractivity contribution in [3.05, 3.63) is 29.8 Å². The van der Waals surface area contributed by atoms with Crippen molar-refractivity contribution >= 4 is 15.9 Å². The van der Waals surface area contributed by atoms with Gasteiger partial charge in [0.05, 0.1) is 4.90 Å². The van der Waals surface area contributed by atoms with E-state index < -0.39 is 10.0 Å². The number of hydrogen-bond donors (Lipinski definition) is 1. The molecule has 0 bridgehead atoms. The molecule has 128 valence electrons. The van der Waals surface area contributed by atoms with Crippen molar-refractivity contribution in [2.75, 3.05) is 32.7 Å². The van der Waals surface area contributed by atoms with E-state index in [0.29, 0.717) is 18.7 Å². The summed E-state index contributed by atoms with van der Waals surface area (Å²) in [7, 11) is -3.59. The molecule has 0 atom stereocenters. The van der Waals surface area contributed by atoms with Crippen LogP contribution < -0.4 is 4.72 Å². The molecule has 1 N–H and O–H groups in total. The van der Waals surface area contributed by atoms with Gasteiger partial charge in [-0.1, -0.05) is 13.0 Å². The van der Waals surface area contributed by atoms with Crippen molar-refractivity contribution in [3.8, 4) is 0 Å². The molecule has 1 heterocycles. The van der Waals surface area contributed by atoms with Gasteiger partial charge in [0.25, 0.3) is 5.91 Å². The van der Waals surface area contributed by atoms with Gasteiger partial charge < -0.3 is 9.80 Å². The number of amides is 1. The number of nitrogens with zero attached hydrogens (tertiary/aromatic N) is 2. The summed E-state index contributed by atoms with van der Waals surface area (Å²) in [4.78, 5) is 16.8. The van der Waals surface area contributed by atoms with Crippen LogP contribution >= 0.6 is 0 Å². The van der Waals surface area contributed by atoms with E-state index in [0.717, 1.165) is 19.6 Å². The lowest BCUT2D eigenvalue weighted by Gasteiger charge is -2.34.